The van der Waals surface area contributed by atoms with Gasteiger partial charge in [0.15, 0.2) is 0 Å². The average molecular weight is 440 g/mol. The highest BCUT2D eigenvalue weighted by atomic mass is 16.5. The second kappa shape index (κ2) is 9.28. The van der Waals surface area contributed by atoms with Gasteiger partial charge in [0.05, 0.1) is 18.0 Å². The van der Waals surface area contributed by atoms with Crippen LogP contribution in [-0.2, 0) is 9.53 Å². The lowest BCUT2D eigenvalue weighted by atomic mass is 9.71. The molecule has 1 aliphatic carbocycles. The number of anilines is 2. The number of nitrogens with one attached hydrogen (secondary N) is 1. The van der Waals surface area contributed by atoms with E-state index in [1.54, 1.807) is 6.33 Å². The molecule has 1 fully saturated rings. The van der Waals surface area contributed by atoms with E-state index >= 15 is 0 Å². The van der Waals surface area contributed by atoms with Gasteiger partial charge in [-0.25, -0.2) is 9.97 Å². The third-order valence-electron chi connectivity index (χ3n) is 5.98. The molecule has 0 atom stereocenters. The Bertz CT molecular complexity index is 1250. The lowest BCUT2D eigenvalue weighted by Crippen LogP contribution is -2.30. The van der Waals surface area contributed by atoms with Gasteiger partial charge in [0.25, 0.3) is 0 Å². The van der Waals surface area contributed by atoms with Gasteiger partial charge in [-0.2, -0.15) is 0 Å². The van der Waals surface area contributed by atoms with Crippen molar-refractivity contribution in [3.63, 3.8) is 0 Å². The Balaban J connectivity index is 1.31. The van der Waals surface area contributed by atoms with Crippen molar-refractivity contribution in [1.29, 1.82) is 0 Å². The number of carbonyl (C=O) groups is 1. The zero-order chi connectivity index (χ0) is 22.6. The van der Waals surface area contributed by atoms with Gasteiger partial charge in [-0.15, -0.1) is 0 Å². The fourth-order valence-electron chi connectivity index (χ4n) is 4.14. The molecule has 0 unspecified atom stereocenters. The van der Waals surface area contributed by atoms with Crippen LogP contribution in [0.15, 0.2) is 79.1 Å². The van der Waals surface area contributed by atoms with E-state index in [0.717, 1.165) is 46.7 Å². The van der Waals surface area contributed by atoms with Crippen LogP contribution in [0.4, 0.5) is 11.5 Å². The highest BCUT2D eigenvalue weighted by molar-refractivity contribution is 5.91. The number of rotatable bonds is 7. The predicted octanol–water partition coefficient (Wildman–Crippen LogP) is 6.22. The minimum Gasteiger partial charge on any atom is -0.466 e. The molecule has 0 radical (unpaired) electrons. The Morgan fingerprint density at radius 3 is 2.48 bits per heavy atom. The van der Waals surface area contributed by atoms with Gasteiger partial charge in [-0.05, 0) is 79.8 Å². The molecule has 0 aliphatic heterocycles. The summed E-state index contributed by atoms with van der Waals surface area (Å²) in [5.41, 5.74) is 2.99. The van der Waals surface area contributed by atoms with Crippen LogP contribution in [0.5, 0.6) is 11.5 Å². The van der Waals surface area contributed by atoms with Gasteiger partial charge in [-0.3, -0.25) is 4.79 Å². The maximum absolute atomic E-state index is 11.9. The molecule has 1 heterocycles. The first-order valence-corrected chi connectivity index (χ1v) is 11.2. The van der Waals surface area contributed by atoms with E-state index in [9.17, 15) is 4.79 Å². The van der Waals surface area contributed by atoms with Crippen molar-refractivity contribution < 1.29 is 14.3 Å². The zero-order valence-corrected chi connectivity index (χ0v) is 18.4. The third kappa shape index (κ3) is 4.65. The van der Waals surface area contributed by atoms with E-state index in [1.165, 1.54) is 5.56 Å². The molecule has 1 saturated carbocycles. The molecule has 0 amide bonds. The van der Waals surface area contributed by atoms with Crippen molar-refractivity contribution in [2.24, 2.45) is 5.92 Å². The summed E-state index contributed by atoms with van der Waals surface area (Å²) in [5, 5.41) is 4.36. The molecule has 166 valence electrons. The molecule has 1 aliphatic rings. The smallest absolute Gasteiger partial charge is 0.308 e. The molecule has 1 aromatic heterocycles. The summed E-state index contributed by atoms with van der Waals surface area (Å²) in [6.07, 6.45) is 3.21. The number of hydrogen-bond acceptors (Lipinski definition) is 6. The predicted molar refractivity (Wildman–Crippen MR) is 128 cm³/mol. The minimum atomic E-state index is -0.0834. The molecule has 0 bridgehead atoms. The van der Waals surface area contributed by atoms with Crippen molar-refractivity contribution in [3.8, 4) is 11.5 Å². The SMILES string of the molecule is CCOC(=O)C1CC(c2ccc3ncnc(Nc4ccc(Oc5ccccc5)cc4)c3c2)C1. The molecule has 1 N–H and O–H groups in total. The van der Waals surface area contributed by atoms with Crippen molar-refractivity contribution in [1.82, 2.24) is 9.97 Å². The Morgan fingerprint density at radius 1 is 0.970 bits per heavy atom. The van der Waals surface area contributed by atoms with E-state index in [2.05, 4.69) is 27.4 Å². The largest absolute Gasteiger partial charge is 0.466 e. The van der Waals surface area contributed by atoms with Gasteiger partial charge in [-0.1, -0.05) is 24.3 Å². The lowest BCUT2D eigenvalue weighted by molar-refractivity contribution is -0.151. The molecule has 0 saturated heterocycles. The maximum atomic E-state index is 11.9. The van der Waals surface area contributed by atoms with Crippen molar-refractivity contribution in [3.05, 3.63) is 84.7 Å². The Kier molecular flexibility index (Phi) is 5.89. The molecule has 4 aromatic rings. The quantitative estimate of drug-likeness (QED) is 0.345. The van der Waals surface area contributed by atoms with Crippen LogP contribution in [0, 0.1) is 5.92 Å². The number of benzene rings is 3. The summed E-state index contributed by atoms with van der Waals surface area (Å²) in [5.74, 6) is 2.59. The van der Waals surface area contributed by atoms with Crippen LogP contribution in [-0.4, -0.2) is 22.5 Å². The van der Waals surface area contributed by atoms with E-state index in [0.29, 0.717) is 12.5 Å². The second-order valence-corrected chi connectivity index (χ2v) is 8.18. The van der Waals surface area contributed by atoms with Gasteiger partial charge >= 0.3 is 5.97 Å². The number of carbonyl (C=O) groups excluding carboxylic acids is 1. The van der Waals surface area contributed by atoms with Crippen molar-refractivity contribution in [2.75, 3.05) is 11.9 Å². The van der Waals surface area contributed by atoms with Crippen LogP contribution < -0.4 is 10.1 Å². The summed E-state index contributed by atoms with van der Waals surface area (Å²) in [6.45, 7) is 2.28. The highest BCUT2D eigenvalue weighted by Crippen LogP contribution is 2.43. The zero-order valence-electron chi connectivity index (χ0n) is 18.4. The molecule has 3 aromatic carbocycles. The molecule has 6 heteroatoms. The fourth-order valence-corrected chi connectivity index (χ4v) is 4.14. The molecule has 6 nitrogen and oxygen atoms in total. The summed E-state index contributed by atoms with van der Waals surface area (Å²) < 4.78 is 11.0. The number of esters is 1. The molecule has 33 heavy (non-hydrogen) atoms. The molecule has 5 rings (SSSR count). The van der Waals surface area contributed by atoms with Crippen molar-refractivity contribution in [2.45, 2.75) is 25.7 Å². The molecule has 0 spiro atoms. The van der Waals surface area contributed by atoms with Crippen LogP contribution in [0.25, 0.3) is 10.9 Å². The van der Waals surface area contributed by atoms with Crippen LogP contribution >= 0.6 is 0 Å². The third-order valence-corrected chi connectivity index (χ3v) is 5.98. The summed E-state index contributed by atoms with van der Waals surface area (Å²) in [6, 6.07) is 23.7. The van der Waals surface area contributed by atoms with Crippen LogP contribution in [0.3, 0.4) is 0 Å². The van der Waals surface area contributed by atoms with Gasteiger partial charge in [0.1, 0.15) is 23.6 Å². The average Bonchev–Trinajstić information content (AvgIpc) is 2.81. The highest BCUT2D eigenvalue weighted by Gasteiger charge is 2.36. The number of hydrogen-bond donors (Lipinski definition) is 1. The standard InChI is InChI=1S/C27H25N3O3/c1-2-32-27(31)20-14-19(15-20)18-8-13-25-24(16-18)26(29-17-28-25)30-21-9-11-23(12-10-21)33-22-6-4-3-5-7-22/h3-13,16-17,19-20H,2,14-15H2,1H3,(H,28,29,30). The Morgan fingerprint density at radius 2 is 1.73 bits per heavy atom. The number of aromatic nitrogens is 2. The number of nitrogens with zero attached hydrogens (tertiary/aromatic N) is 2. The maximum Gasteiger partial charge on any atom is 0.308 e. The van der Waals surface area contributed by atoms with Gasteiger partial charge < -0.3 is 14.8 Å². The minimum absolute atomic E-state index is 0.00638. The molecular formula is C27H25N3O3. The van der Waals surface area contributed by atoms with Crippen molar-refractivity contribution >= 4 is 28.4 Å². The Labute approximate surface area is 192 Å². The number of ether oxygens (including phenoxy) is 2. The first kappa shape index (κ1) is 20.9. The van der Waals surface area contributed by atoms with Crippen LogP contribution in [0.2, 0.25) is 0 Å². The monoisotopic (exact) mass is 439 g/mol. The topological polar surface area (TPSA) is 73.3 Å². The number of para-hydroxylation sites is 1. The van der Waals surface area contributed by atoms with Gasteiger partial charge in [0.2, 0.25) is 0 Å². The van der Waals surface area contributed by atoms with E-state index in [4.69, 9.17) is 9.47 Å². The lowest BCUT2D eigenvalue weighted by Gasteiger charge is -2.34. The van der Waals surface area contributed by atoms with Gasteiger partial charge in [0, 0.05) is 11.1 Å². The normalized spacial score (nSPS) is 17.2. The number of fused-ring (bicyclic) bond motifs is 1. The Hall–Kier alpha value is -3.93. The van der Waals surface area contributed by atoms with E-state index in [-0.39, 0.29) is 11.9 Å². The van der Waals surface area contributed by atoms with E-state index in [1.807, 2.05) is 67.6 Å². The second-order valence-electron chi connectivity index (χ2n) is 8.18. The molecular weight excluding hydrogens is 414 g/mol. The summed E-state index contributed by atoms with van der Waals surface area (Å²) in [7, 11) is 0. The summed E-state index contributed by atoms with van der Waals surface area (Å²) >= 11 is 0. The van der Waals surface area contributed by atoms with Crippen LogP contribution in [0.1, 0.15) is 31.2 Å². The first-order valence-electron chi connectivity index (χ1n) is 11.2. The first-order chi connectivity index (χ1) is 16.2. The fraction of sp³-hybridized carbons (Fsp3) is 0.222. The van der Waals surface area contributed by atoms with E-state index < -0.39 is 0 Å². The summed E-state index contributed by atoms with van der Waals surface area (Å²) in [4.78, 5) is 20.8.